The van der Waals surface area contributed by atoms with Crippen LogP contribution >= 0.6 is 0 Å². The largest absolute Gasteiger partial charge is 0.387 e. The zero-order chi connectivity index (χ0) is 30.2. The maximum atomic E-state index is 12.5. The van der Waals surface area contributed by atoms with Gasteiger partial charge in [0.15, 0.2) is 0 Å². The van der Waals surface area contributed by atoms with Crippen molar-refractivity contribution >= 4 is 16.0 Å². The van der Waals surface area contributed by atoms with Crippen molar-refractivity contribution in [2.24, 2.45) is 11.8 Å². The van der Waals surface area contributed by atoms with Gasteiger partial charge in [-0.05, 0) is 31.1 Å². The van der Waals surface area contributed by atoms with E-state index < -0.39 is 40.0 Å². The Morgan fingerprint density at radius 2 is 1.07 bits per heavy atom. The van der Waals surface area contributed by atoms with E-state index in [0.29, 0.717) is 6.42 Å². The lowest BCUT2D eigenvalue weighted by atomic mass is 10.0. The third-order valence-electron chi connectivity index (χ3n) is 7.43. The quantitative estimate of drug-likeness (QED) is 0.0451. The summed E-state index contributed by atoms with van der Waals surface area (Å²) in [5, 5.41) is 23.2. The van der Waals surface area contributed by atoms with E-state index in [1.807, 2.05) is 0 Å². The number of aliphatic hydroxyl groups is 2. The molecule has 0 aliphatic heterocycles. The number of rotatable bonds is 27. The number of hydrogen-bond acceptors (Lipinski definition) is 5. The van der Waals surface area contributed by atoms with E-state index in [1.165, 1.54) is 76.7 Å². The molecule has 0 unspecified atom stereocenters. The first kappa shape index (κ1) is 39.0. The molecule has 4 N–H and O–H groups in total. The van der Waals surface area contributed by atoms with Gasteiger partial charge in [0.1, 0.15) is 6.10 Å². The van der Waals surface area contributed by atoms with Gasteiger partial charge in [0.05, 0.1) is 17.9 Å². The smallest absolute Gasteiger partial charge is 0.267 e. The Labute approximate surface area is 246 Å². The van der Waals surface area contributed by atoms with E-state index >= 15 is 0 Å². The highest BCUT2D eigenvalue weighted by molar-refractivity contribution is 7.85. The summed E-state index contributed by atoms with van der Waals surface area (Å²) in [6.45, 7) is 9.02. The third kappa shape index (κ3) is 26.0. The summed E-state index contributed by atoms with van der Waals surface area (Å²) in [6, 6.07) is -1.23. The molecule has 7 nitrogen and oxygen atoms in total. The monoisotopic (exact) mass is 589 g/mol. The Morgan fingerprint density at radius 1 is 0.675 bits per heavy atom. The van der Waals surface area contributed by atoms with E-state index in [9.17, 15) is 28.0 Å². The van der Waals surface area contributed by atoms with Gasteiger partial charge in [-0.2, -0.15) is 8.42 Å². The van der Waals surface area contributed by atoms with Gasteiger partial charge in [0.2, 0.25) is 5.91 Å². The van der Waals surface area contributed by atoms with Crippen LogP contribution in [-0.2, 0) is 14.9 Å². The number of amides is 1. The SMILES string of the molecule is CC(C)CCCCCCCCC/C=C/[C@@H](O)[C@H](CS(=O)(=O)O)NC(=O)[C@@H](O)CCCCCCCCCCC(C)C. The van der Waals surface area contributed by atoms with E-state index in [-0.39, 0.29) is 6.42 Å². The average molecular weight is 590 g/mol. The minimum atomic E-state index is -4.43. The van der Waals surface area contributed by atoms with Gasteiger partial charge in [-0.3, -0.25) is 9.35 Å². The van der Waals surface area contributed by atoms with Crippen LogP contribution in [-0.4, -0.2) is 53.1 Å². The molecule has 0 aromatic heterocycles. The summed E-state index contributed by atoms with van der Waals surface area (Å²) in [7, 11) is -4.43. The van der Waals surface area contributed by atoms with Gasteiger partial charge < -0.3 is 15.5 Å². The topological polar surface area (TPSA) is 124 Å². The van der Waals surface area contributed by atoms with Crippen LogP contribution in [0.3, 0.4) is 0 Å². The Kier molecular flexibility index (Phi) is 24.0. The minimum Gasteiger partial charge on any atom is -0.387 e. The van der Waals surface area contributed by atoms with Crippen molar-refractivity contribution in [3.8, 4) is 0 Å². The number of carbonyl (C=O) groups is 1. The van der Waals surface area contributed by atoms with E-state index in [1.54, 1.807) is 6.08 Å². The molecule has 3 atom stereocenters. The van der Waals surface area contributed by atoms with Crippen molar-refractivity contribution in [2.75, 3.05) is 5.75 Å². The van der Waals surface area contributed by atoms with Crippen LogP contribution in [0.4, 0.5) is 0 Å². The molecule has 0 saturated heterocycles. The molecule has 238 valence electrons. The summed E-state index contributed by atoms with van der Waals surface area (Å²) >= 11 is 0. The predicted molar refractivity (Wildman–Crippen MR) is 167 cm³/mol. The Balaban J connectivity index is 4.24. The van der Waals surface area contributed by atoms with Crippen molar-refractivity contribution in [1.82, 2.24) is 5.32 Å². The summed E-state index contributed by atoms with van der Waals surface area (Å²) in [4.78, 5) is 12.5. The van der Waals surface area contributed by atoms with Crippen LogP contribution < -0.4 is 5.32 Å². The molecule has 0 rings (SSSR count). The zero-order valence-electron chi connectivity index (χ0n) is 26.2. The van der Waals surface area contributed by atoms with Crippen LogP contribution in [0.2, 0.25) is 0 Å². The van der Waals surface area contributed by atoms with Crippen molar-refractivity contribution in [1.29, 1.82) is 0 Å². The maximum absolute atomic E-state index is 12.5. The summed E-state index contributed by atoms with van der Waals surface area (Å²) in [5.41, 5.74) is 0. The molecule has 0 aromatic carbocycles. The lowest BCUT2D eigenvalue weighted by Gasteiger charge is -2.22. The minimum absolute atomic E-state index is 0.280. The number of aliphatic hydroxyl groups excluding tert-OH is 2. The fourth-order valence-corrected chi connectivity index (χ4v) is 5.62. The van der Waals surface area contributed by atoms with Crippen LogP contribution in [0.15, 0.2) is 12.2 Å². The predicted octanol–water partition coefficient (Wildman–Crippen LogP) is 7.36. The molecule has 0 heterocycles. The molecule has 0 fully saturated rings. The van der Waals surface area contributed by atoms with Gasteiger partial charge in [0.25, 0.3) is 10.1 Å². The average Bonchev–Trinajstić information content (AvgIpc) is 2.86. The van der Waals surface area contributed by atoms with Gasteiger partial charge >= 0.3 is 0 Å². The van der Waals surface area contributed by atoms with Crippen LogP contribution in [0.25, 0.3) is 0 Å². The van der Waals surface area contributed by atoms with Gasteiger partial charge in [0, 0.05) is 0 Å². The first-order valence-corrected chi connectivity index (χ1v) is 17.8. The number of allylic oxidation sites excluding steroid dienone is 1. The Bertz CT molecular complexity index is 738. The van der Waals surface area contributed by atoms with Crippen molar-refractivity contribution in [3.63, 3.8) is 0 Å². The molecule has 0 aromatic rings. The van der Waals surface area contributed by atoms with Gasteiger partial charge in [-0.1, -0.05) is 143 Å². The summed E-state index contributed by atoms with van der Waals surface area (Å²) in [5.74, 6) is 0.00622. The van der Waals surface area contributed by atoms with Crippen molar-refractivity contribution < 1.29 is 28.0 Å². The first-order chi connectivity index (χ1) is 18.9. The molecule has 0 spiro atoms. The zero-order valence-corrected chi connectivity index (χ0v) is 27.0. The fourth-order valence-electron chi connectivity index (χ4n) is 4.88. The highest BCUT2D eigenvalue weighted by Crippen LogP contribution is 2.15. The number of carbonyl (C=O) groups excluding carboxylic acids is 1. The van der Waals surface area contributed by atoms with Crippen molar-refractivity contribution in [2.45, 2.75) is 168 Å². The fraction of sp³-hybridized carbons (Fsp3) is 0.906. The first-order valence-electron chi connectivity index (χ1n) is 16.2. The highest BCUT2D eigenvalue weighted by atomic mass is 32.2. The molecular formula is C32H63NO6S. The molecule has 1 amide bonds. The standard InChI is InChI=1S/C32H63NO6S/c1-27(2)22-18-14-10-6-5-7-12-16-20-24-30(34)29(26-40(37,38)39)33-32(36)31(35)25-21-17-13-9-8-11-15-19-23-28(3)4/h20,24,27-31,34-35H,5-19,21-23,25-26H2,1-4H3,(H,33,36)(H,37,38,39)/b24-20+/t29-,30+,31-/m0/s1. The highest BCUT2D eigenvalue weighted by Gasteiger charge is 2.27. The Morgan fingerprint density at radius 3 is 1.50 bits per heavy atom. The van der Waals surface area contributed by atoms with Crippen molar-refractivity contribution in [3.05, 3.63) is 12.2 Å². The van der Waals surface area contributed by atoms with E-state index in [4.69, 9.17) is 0 Å². The molecular weight excluding hydrogens is 526 g/mol. The molecule has 0 aliphatic carbocycles. The molecule has 0 bridgehead atoms. The maximum Gasteiger partial charge on any atom is 0.267 e. The third-order valence-corrected chi connectivity index (χ3v) is 8.21. The van der Waals surface area contributed by atoms with E-state index in [0.717, 1.165) is 50.4 Å². The van der Waals surface area contributed by atoms with Crippen LogP contribution in [0, 0.1) is 11.8 Å². The van der Waals surface area contributed by atoms with Gasteiger partial charge in [-0.25, -0.2) is 0 Å². The number of unbranched alkanes of at least 4 members (excludes halogenated alkanes) is 14. The number of hydrogen-bond donors (Lipinski definition) is 4. The molecule has 8 heteroatoms. The van der Waals surface area contributed by atoms with E-state index in [2.05, 4.69) is 33.0 Å². The van der Waals surface area contributed by atoms with Crippen LogP contribution in [0.5, 0.6) is 0 Å². The molecule has 40 heavy (non-hydrogen) atoms. The summed E-state index contributed by atoms with van der Waals surface area (Å²) < 4.78 is 32.2. The molecule has 0 radical (unpaired) electrons. The normalized spacial score (nSPS) is 14.7. The molecule has 0 saturated carbocycles. The summed E-state index contributed by atoms with van der Waals surface area (Å²) in [6.07, 6.45) is 21.5. The second kappa shape index (κ2) is 24.6. The van der Waals surface area contributed by atoms with Gasteiger partial charge in [-0.15, -0.1) is 0 Å². The lowest BCUT2D eigenvalue weighted by molar-refractivity contribution is -0.130. The number of nitrogens with one attached hydrogen (secondary N) is 1. The second-order valence-corrected chi connectivity index (χ2v) is 14.0. The second-order valence-electron chi connectivity index (χ2n) is 12.5. The Hall–Kier alpha value is -0.960. The molecule has 0 aliphatic rings. The van der Waals surface area contributed by atoms with Crippen LogP contribution in [0.1, 0.15) is 150 Å². The lowest BCUT2D eigenvalue weighted by Crippen LogP contribution is -2.50.